The summed E-state index contributed by atoms with van der Waals surface area (Å²) < 4.78 is 15.5. The highest BCUT2D eigenvalue weighted by molar-refractivity contribution is 5.91. The molecule has 0 unspecified atom stereocenters. The summed E-state index contributed by atoms with van der Waals surface area (Å²) in [6.07, 6.45) is 0. The molecule has 2 rings (SSSR count). The van der Waals surface area contributed by atoms with Gasteiger partial charge in [-0.25, -0.2) is 4.79 Å². The molecule has 1 amide bonds. The third kappa shape index (κ3) is 5.51. The van der Waals surface area contributed by atoms with Gasteiger partial charge in [-0.05, 0) is 48.9 Å². The third-order valence-electron chi connectivity index (χ3n) is 3.73. The van der Waals surface area contributed by atoms with Crippen molar-refractivity contribution in [1.82, 2.24) is 4.90 Å². The van der Waals surface area contributed by atoms with Gasteiger partial charge in [-0.3, -0.25) is 4.79 Å². The van der Waals surface area contributed by atoms with Crippen molar-refractivity contribution in [2.45, 2.75) is 13.5 Å². The van der Waals surface area contributed by atoms with Crippen LogP contribution in [0.5, 0.6) is 11.5 Å². The summed E-state index contributed by atoms with van der Waals surface area (Å²) in [6, 6.07) is 14.0. The molecule has 26 heavy (non-hydrogen) atoms. The van der Waals surface area contributed by atoms with E-state index >= 15 is 0 Å². The van der Waals surface area contributed by atoms with Gasteiger partial charge in [0.1, 0.15) is 11.5 Å². The minimum absolute atomic E-state index is 0.277. The molecule has 2 aromatic rings. The van der Waals surface area contributed by atoms with Crippen molar-refractivity contribution in [3.63, 3.8) is 0 Å². The minimum Gasteiger partial charge on any atom is -0.497 e. The van der Waals surface area contributed by atoms with E-state index in [1.165, 1.54) is 4.90 Å². The summed E-state index contributed by atoms with van der Waals surface area (Å²) in [5, 5.41) is 0. The average molecular weight is 357 g/mol. The van der Waals surface area contributed by atoms with E-state index in [9.17, 15) is 9.59 Å². The van der Waals surface area contributed by atoms with Gasteiger partial charge >= 0.3 is 5.97 Å². The number of hydrogen-bond donors (Lipinski definition) is 0. The van der Waals surface area contributed by atoms with Crippen molar-refractivity contribution in [3.8, 4) is 11.5 Å². The Kier molecular flexibility index (Phi) is 7.02. The Hall–Kier alpha value is -3.02. The number of ether oxygens (including phenoxy) is 3. The first-order chi connectivity index (χ1) is 12.5. The zero-order valence-corrected chi connectivity index (χ0v) is 15.2. The Bertz CT molecular complexity index is 725. The summed E-state index contributed by atoms with van der Waals surface area (Å²) in [6.45, 7) is 2.65. The van der Waals surface area contributed by atoms with Gasteiger partial charge in [-0.1, -0.05) is 12.1 Å². The number of rotatable bonds is 8. The number of likely N-dealkylation sites (N-methyl/N-ethyl adjacent to an activating group) is 1. The number of nitrogens with zero attached hydrogens (tertiary/aromatic N) is 1. The number of benzene rings is 2. The first-order valence-corrected chi connectivity index (χ1v) is 8.30. The van der Waals surface area contributed by atoms with E-state index < -0.39 is 5.97 Å². The van der Waals surface area contributed by atoms with Gasteiger partial charge in [-0.2, -0.15) is 0 Å². The van der Waals surface area contributed by atoms with E-state index in [4.69, 9.17) is 14.2 Å². The molecule has 0 aliphatic heterocycles. The fourth-order valence-electron chi connectivity index (χ4n) is 2.27. The lowest BCUT2D eigenvalue weighted by atomic mass is 10.2. The number of carbonyl (C=O) groups excluding carboxylic acids is 2. The van der Waals surface area contributed by atoms with Gasteiger partial charge in [0.2, 0.25) is 0 Å². The van der Waals surface area contributed by atoms with Gasteiger partial charge < -0.3 is 19.1 Å². The third-order valence-corrected chi connectivity index (χ3v) is 3.73. The zero-order chi connectivity index (χ0) is 18.9. The second kappa shape index (κ2) is 9.46. The second-order valence-electron chi connectivity index (χ2n) is 5.63. The lowest BCUT2D eigenvalue weighted by Gasteiger charge is -2.17. The van der Waals surface area contributed by atoms with Gasteiger partial charge in [0, 0.05) is 13.6 Å². The van der Waals surface area contributed by atoms with Crippen molar-refractivity contribution in [1.29, 1.82) is 0 Å². The highest BCUT2D eigenvalue weighted by Gasteiger charge is 2.14. The topological polar surface area (TPSA) is 65.1 Å². The zero-order valence-electron chi connectivity index (χ0n) is 15.2. The molecule has 0 aliphatic carbocycles. The predicted octanol–water partition coefficient (Wildman–Crippen LogP) is 2.91. The van der Waals surface area contributed by atoms with Crippen molar-refractivity contribution in [2.24, 2.45) is 0 Å². The number of hydrogen-bond acceptors (Lipinski definition) is 5. The van der Waals surface area contributed by atoms with Crippen molar-refractivity contribution >= 4 is 11.9 Å². The number of amides is 1. The van der Waals surface area contributed by atoms with Gasteiger partial charge in [0.25, 0.3) is 5.91 Å². The number of methoxy groups -OCH3 is 1. The average Bonchev–Trinajstić information content (AvgIpc) is 2.67. The summed E-state index contributed by atoms with van der Waals surface area (Å²) in [7, 11) is 3.21. The fraction of sp³-hybridized carbons (Fsp3) is 0.300. The van der Waals surface area contributed by atoms with Crippen LogP contribution in [0.3, 0.4) is 0 Å². The van der Waals surface area contributed by atoms with Crippen LogP contribution in [0.4, 0.5) is 0 Å². The summed E-state index contributed by atoms with van der Waals surface area (Å²) in [5.41, 5.74) is 1.33. The molecular weight excluding hydrogens is 334 g/mol. The van der Waals surface area contributed by atoms with Crippen molar-refractivity contribution < 1.29 is 23.8 Å². The molecule has 0 atom stereocenters. The molecule has 138 valence electrons. The molecule has 6 heteroatoms. The van der Waals surface area contributed by atoms with Crippen LogP contribution in [0.25, 0.3) is 0 Å². The van der Waals surface area contributed by atoms with Crippen LogP contribution < -0.4 is 9.47 Å². The lowest BCUT2D eigenvalue weighted by molar-refractivity contribution is -0.133. The molecule has 0 spiro atoms. The number of esters is 1. The quantitative estimate of drug-likeness (QED) is 0.680. The Morgan fingerprint density at radius 1 is 0.962 bits per heavy atom. The molecule has 0 N–H and O–H groups in total. The van der Waals surface area contributed by atoms with Crippen LogP contribution in [0, 0.1) is 0 Å². The summed E-state index contributed by atoms with van der Waals surface area (Å²) in [4.78, 5) is 25.6. The fourth-order valence-corrected chi connectivity index (χ4v) is 2.27. The molecule has 0 fully saturated rings. The molecule has 0 aromatic heterocycles. The van der Waals surface area contributed by atoms with E-state index in [0.717, 1.165) is 11.3 Å². The van der Waals surface area contributed by atoms with E-state index in [1.54, 1.807) is 38.4 Å². The smallest absolute Gasteiger partial charge is 0.338 e. The standard InChI is InChI=1S/C20H23NO5/c1-4-25-18-9-5-15(6-10-18)13-21(2)19(22)14-26-20(23)16-7-11-17(24-3)12-8-16/h5-12H,4,13-14H2,1-3H3. The second-order valence-corrected chi connectivity index (χ2v) is 5.63. The molecule has 6 nitrogen and oxygen atoms in total. The molecule has 0 bridgehead atoms. The Balaban J connectivity index is 1.83. The Morgan fingerprint density at radius 2 is 1.58 bits per heavy atom. The van der Waals surface area contributed by atoms with E-state index in [2.05, 4.69) is 0 Å². The maximum absolute atomic E-state index is 12.2. The molecule has 0 saturated heterocycles. The molecule has 0 aliphatic rings. The maximum Gasteiger partial charge on any atom is 0.338 e. The molecule has 2 aromatic carbocycles. The van der Waals surface area contributed by atoms with Crippen LogP contribution in [-0.4, -0.2) is 44.1 Å². The van der Waals surface area contributed by atoms with Crippen LogP contribution in [0.1, 0.15) is 22.8 Å². The van der Waals surface area contributed by atoms with Crippen molar-refractivity contribution in [2.75, 3.05) is 27.4 Å². The molecular formula is C20H23NO5. The van der Waals surface area contributed by atoms with E-state index in [-0.39, 0.29) is 12.5 Å². The maximum atomic E-state index is 12.2. The highest BCUT2D eigenvalue weighted by atomic mass is 16.5. The van der Waals surface area contributed by atoms with Crippen LogP contribution in [0.15, 0.2) is 48.5 Å². The van der Waals surface area contributed by atoms with E-state index in [1.807, 2.05) is 31.2 Å². The van der Waals surface area contributed by atoms with E-state index in [0.29, 0.717) is 24.5 Å². The monoisotopic (exact) mass is 357 g/mol. The summed E-state index contributed by atoms with van der Waals surface area (Å²) in [5.74, 6) is 0.614. The van der Waals surface area contributed by atoms with Gasteiger partial charge in [0.15, 0.2) is 6.61 Å². The molecule has 0 saturated carbocycles. The van der Waals surface area contributed by atoms with Crippen LogP contribution in [-0.2, 0) is 16.1 Å². The minimum atomic E-state index is -0.546. The lowest BCUT2D eigenvalue weighted by Crippen LogP contribution is -2.30. The Morgan fingerprint density at radius 3 is 2.15 bits per heavy atom. The number of carbonyl (C=O) groups is 2. The van der Waals surface area contributed by atoms with Crippen molar-refractivity contribution in [3.05, 3.63) is 59.7 Å². The first-order valence-electron chi connectivity index (χ1n) is 8.30. The van der Waals surface area contributed by atoms with Crippen LogP contribution >= 0.6 is 0 Å². The van der Waals surface area contributed by atoms with Gasteiger partial charge in [-0.15, -0.1) is 0 Å². The first kappa shape index (κ1) is 19.3. The Labute approximate surface area is 153 Å². The normalized spacial score (nSPS) is 10.1. The van der Waals surface area contributed by atoms with Gasteiger partial charge in [0.05, 0.1) is 19.3 Å². The molecule has 0 heterocycles. The highest BCUT2D eigenvalue weighted by Crippen LogP contribution is 2.14. The largest absolute Gasteiger partial charge is 0.497 e. The summed E-state index contributed by atoms with van der Waals surface area (Å²) >= 11 is 0. The van der Waals surface area contributed by atoms with Crippen LogP contribution in [0.2, 0.25) is 0 Å². The molecule has 0 radical (unpaired) electrons. The predicted molar refractivity (Wildman–Crippen MR) is 97.4 cm³/mol. The SMILES string of the molecule is CCOc1ccc(CN(C)C(=O)COC(=O)c2ccc(OC)cc2)cc1.